The van der Waals surface area contributed by atoms with Crippen molar-refractivity contribution in [1.29, 1.82) is 0 Å². The molecule has 3 aromatic carbocycles. The van der Waals surface area contributed by atoms with Crippen molar-refractivity contribution in [3.63, 3.8) is 0 Å². The van der Waals surface area contributed by atoms with Crippen LogP contribution in [0.25, 0.3) is 11.4 Å². The Morgan fingerprint density at radius 3 is 2.59 bits per heavy atom. The first kappa shape index (κ1) is 21.9. The molecule has 1 aromatic heterocycles. The van der Waals surface area contributed by atoms with Gasteiger partial charge in [0.1, 0.15) is 18.4 Å². The van der Waals surface area contributed by atoms with Crippen LogP contribution in [-0.2, 0) is 17.9 Å². The third kappa shape index (κ3) is 4.71. The number of carbonyl (C=O) groups excluding carboxylic acids is 1. The van der Waals surface area contributed by atoms with Crippen LogP contribution in [-0.4, -0.2) is 20.9 Å². The fraction of sp³-hybridized carbons (Fsp3) is 0.250. The summed E-state index contributed by atoms with van der Waals surface area (Å²) >= 11 is 0. The number of carbonyl (C=O) groups is 1. The van der Waals surface area contributed by atoms with Crippen LogP contribution in [0.5, 0.6) is 5.75 Å². The molecule has 1 amide bonds. The van der Waals surface area contributed by atoms with Crippen molar-refractivity contribution >= 4 is 5.91 Å². The van der Waals surface area contributed by atoms with Gasteiger partial charge in [0.25, 0.3) is 0 Å². The maximum Gasteiger partial charge on any atom is 0.249 e. The molecule has 0 saturated carbocycles. The smallest absolute Gasteiger partial charge is 0.249 e. The van der Waals surface area contributed by atoms with Gasteiger partial charge < -0.3 is 14.2 Å². The number of aryl methyl sites for hydroxylation is 2. The highest BCUT2D eigenvalue weighted by Crippen LogP contribution is 2.34. The molecule has 1 unspecified atom stereocenters. The summed E-state index contributed by atoms with van der Waals surface area (Å²) in [7, 11) is 0. The number of hydrogen-bond acceptors (Lipinski definition) is 5. The third-order valence-corrected chi connectivity index (χ3v) is 6.25. The topological polar surface area (TPSA) is 68.5 Å². The van der Waals surface area contributed by atoms with Gasteiger partial charge in [0.15, 0.2) is 0 Å². The summed E-state index contributed by atoms with van der Waals surface area (Å²) in [5, 5.41) is 4.19. The molecule has 0 bridgehead atoms. The monoisotopic (exact) mass is 453 g/mol. The van der Waals surface area contributed by atoms with Gasteiger partial charge in [-0.2, -0.15) is 4.98 Å². The SMILES string of the molecule is Cc1ccc(CN2C(=O)CCC2c2nc(-c3ccc(OCc4ccccc4)cc3)no2)c(C)c1. The van der Waals surface area contributed by atoms with E-state index in [1.54, 1.807) is 0 Å². The minimum Gasteiger partial charge on any atom is -0.489 e. The van der Waals surface area contributed by atoms with Gasteiger partial charge in [-0.1, -0.05) is 59.3 Å². The van der Waals surface area contributed by atoms with Crippen molar-refractivity contribution in [3.05, 3.63) is 101 Å². The average Bonchev–Trinajstić information content (AvgIpc) is 3.48. The van der Waals surface area contributed by atoms with Crippen molar-refractivity contribution in [2.45, 2.75) is 45.9 Å². The van der Waals surface area contributed by atoms with Gasteiger partial charge in [0.2, 0.25) is 17.6 Å². The Morgan fingerprint density at radius 2 is 1.82 bits per heavy atom. The summed E-state index contributed by atoms with van der Waals surface area (Å²) in [5.41, 5.74) is 5.48. The molecule has 5 rings (SSSR count). The molecule has 0 N–H and O–H groups in total. The van der Waals surface area contributed by atoms with Crippen molar-refractivity contribution in [3.8, 4) is 17.1 Å². The zero-order valence-corrected chi connectivity index (χ0v) is 19.4. The molecule has 0 aliphatic carbocycles. The van der Waals surface area contributed by atoms with Crippen LogP contribution in [0.1, 0.15) is 47.0 Å². The summed E-state index contributed by atoms with van der Waals surface area (Å²) < 4.78 is 11.5. The first-order chi connectivity index (χ1) is 16.6. The van der Waals surface area contributed by atoms with E-state index in [2.05, 4.69) is 42.2 Å². The second kappa shape index (κ2) is 9.51. The highest BCUT2D eigenvalue weighted by atomic mass is 16.5. The molecule has 2 heterocycles. The summed E-state index contributed by atoms with van der Waals surface area (Å²) in [6, 6.07) is 23.8. The molecular weight excluding hydrogens is 426 g/mol. The Hall–Kier alpha value is -3.93. The lowest BCUT2D eigenvalue weighted by Crippen LogP contribution is -2.27. The molecular formula is C28H27N3O3. The quantitative estimate of drug-likeness (QED) is 0.354. The number of amides is 1. The first-order valence-electron chi connectivity index (χ1n) is 11.5. The maximum absolute atomic E-state index is 12.6. The predicted octanol–water partition coefficient (Wildman–Crippen LogP) is 5.80. The van der Waals surface area contributed by atoms with Crippen molar-refractivity contribution in [1.82, 2.24) is 15.0 Å². The lowest BCUT2D eigenvalue weighted by Gasteiger charge is -2.23. The van der Waals surface area contributed by atoms with E-state index >= 15 is 0 Å². The molecule has 6 heteroatoms. The summed E-state index contributed by atoms with van der Waals surface area (Å²) in [4.78, 5) is 19.1. The number of nitrogens with zero attached hydrogens (tertiary/aromatic N) is 3. The molecule has 172 valence electrons. The standard InChI is InChI=1S/C28H27N3O3/c1-19-8-9-23(20(2)16-19)17-31-25(14-15-26(31)32)28-29-27(30-34-28)22-10-12-24(13-11-22)33-18-21-6-4-3-5-7-21/h3-13,16,25H,14-15,17-18H2,1-2H3. The van der Waals surface area contributed by atoms with Gasteiger partial charge in [0.05, 0.1) is 0 Å². The Balaban J connectivity index is 1.28. The second-order valence-corrected chi connectivity index (χ2v) is 8.76. The molecule has 1 saturated heterocycles. The molecule has 1 atom stereocenters. The molecule has 6 nitrogen and oxygen atoms in total. The zero-order valence-electron chi connectivity index (χ0n) is 19.4. The number of rotatable bonds is 7. The van der Waals surface area contributed by atoms with Crippen LogP contribution in [0.3, 0.4) is 0 Å². The largest absolute Gasteiger partial charge is 0.489 e. The Labute approximate surface area is 199 Å². The molecule has 1 aliphatic heterocycles. The normalized spacial score (nSPS) is 15.6. The van der Waals surface area contributed by atoms with Gasteiger partial charge in [0, 0.05) is 18.5 Å². The van der Waals surface area contributed by atoms with E-state index in [4.69, 9.17) is 9.26 Å². The van der Waals surface area contributed by atoms with E-state index in [0.29, 0.717) is 37.7 Å². The van der Waals surface area contributed by atoms with Crippen LogP contribution in [0.2, 0.25) is 0 Å². The molecule has 1 fully saturated rings. The highest BCUT2D eigenvalue weighted by molar-refractivity contribution is 5.79. The van der Waals surface area contributed by atoms with E-state index in [0.717, 1.165) is 22.4 Å². The van der Waals surface area contributed by atoms with E-state index in [-0.39, 0.29) is 11.9 Å². The molecule has 4 aromatic rings. The maximum atomic E-state index is 12.6. The van der Waals surface area contributed by atoms with Crippen molar-refractivity contribution in [2.75, 3.05) is 0 Å². The number of likely N-dealkylation sites (tertiary alicyclic amines) is 1. The Bertz CT molecular complexity index is 1280. The van der Waals surface area contributed by atoms with Crippen molar-refractivity contribution in [2.24, 2.45) is 0 Å². The number of ether oxygens (including phenoxy) is 1. The summed E-state index contributed by atoms with van der Waals surface area (Å²) in [6.07, 6.45) is 1.17. The van der Waals surface area contributed by atoms with E-state index < -0.39 is 0 Å². The van der Waals surface area contributed by atoms with E-state index in [1.807, 2.05) is 59.5 Å². The van der Waals surface area contributed by atoms with E-state index in [1.165, 1.54) is 11.1 Å². The first-order valence-corrected chi connectivity index (χ1v) is 11.5. The van der Waals surface area contributed by atoms with Crippen LogP contribution in [0.4, 0.5) is 0 Å². The molecule has 1 aliphatic rings. The van der Waals surface area contributed by atoms with Crippen molar-refractivity contribution < 1.29 is 14.1 Å². The summed E-state index contributed by atoms with van der Waals surface area (Å²) in [6.45, 7) is 5.21. The predicted molar refractivity (Wildman–Crippen MR) is 129 cm³/mol. The minimum atomic E-state index is -0.206. The van der Waals surface area contributed by atoms with Gasteiger partial charge in [-0.3, -0.25) is 4.79 Å². The molecule has 34 heavy (non-hydrogen) atoms. The third-order valence-electron chi connectivity index (χ3n) is 6.25. The van der Waals surface area contributed by atoms with Gasteiger partial charge in [-0.15, -0.1) is 0 Å². The number of benzene rings is 3. The highest BCUT2D eigenvalue weighted by Gasteiger charge is 2.36. The zero-order chi connectivity index (χ0) is 23.5. The Kier molecular flexibility index (Phi) is 6.12. The summed E-state index contributed by atoms with van der Waals surface area (Å²) in [5.74, 6) is 1.88. The fourth-order valence-electron chi connectivity index (χ4n) is 4.32. The number of aromatic nitrogens is 2. The van der Waals surface area contributed by atoms with Gasteiger partial charge >= 0.3 is 0 Å². The van der Waals surface area contributed by atoms with Crippen LogP contribution < -0.4 is 4.74 Å². The van der Waals surface area contributed by atoms with Gasteiger partial charge in [-0.25, -0.2) is 0 Å². The van der Waals surface area contributed by atoms with E-state index in [9.17, 15) is 4.79 Å². The molecule has 0 radical (unpaired) electrons. The van der Waals surface area contributed by atoms with Crippen LogP contribution in [0, 0.1) is 13.8 Å². The minimum absolute atomic E-state index is 0.115. The second-order valence-electron chi connectivity index (χ2n) is 8.76. The van der Waals surface area contributed by atoms with Crippen LogP contribution >= 0.6 is 0 Å². The lowest BCUT2D eigenvalue weighted by molar-refractivity contribution is -0.130. The lowest BCUT2D eigenvalue weighted by atomic mass is 10.0. The van der Waals surface area contributed by atoms with Gasteiger partial charge in [-0.05, 0) is 61.2 Å². The fourth-order valence-corrected chi connectivity index (χ4v) is 4.32. The molecule has 0 spiro atoms. The Morgan fingerprint density at radius 1 is 1.03 bits per heavy atom. The average molecular weight is 454 g/mol. The number of hydrogen-bond donors (Lipinski definition) is 0. The van der Waals surface area contributed by atoms with Crippen LogP contribution in [0.15, 0.2) is 77.3 Å².